The first-order valence-corrected chi connectivity index (χ1v) is 7.92. The monoisotopic (exact) mass is 325 g/mol. The van der Waals surface area contributed by atoms with E-state index in [9.17, 15) is 14.7 Å². The Balaban J connectivity index is 1.95. The van der Waals surface area contributed by atoms with E-state index in [0.717, 1.165) is 31.6 Å². The zero-order valence-electron chi connectivity index (χ0n) is 13.5. The third-order valence-corrected chi connectivity index (χ3v) is 4.27. The number of carbonyl (C=O) groups is 2. The van der Waals surface area contributed by atoms with Crippen LogP contribution in [-0.4, -0.2) is 37.1 Å². The molecular weight excluding hydrogens is 306 g/mol. The lowest BCUT2D eigenvalue weighted by molar-refractivity contribution is 0.0597. The van der Waals surface area contributed by atoms with Crippen LogP contribution in [0.3, 0.4) is 0 Å². The van der Waals surface area contributed by atoms with E-state index >= 15 is 0 Å². The van der Waals surface area contributed by atoms with Gasteiger partial charge in [0.2, 0.25) is 0 Å². The lowest BCUT2D eigenvalue weighted by atomic mass is 9.97. The number of hydrogen-bond donors (Lipinski definition) is 1. The highest BCUT2D eigenvalue weighted by Gasteiger charge is 2.22. The highest BCUT2D eigenvalue weighted by molar-refractivity contribution is 6.15. The Labute approximate surface area is 140 Å². The summed E-state index contributed by atoms with van der Waals surface area (Å²) < 4.78 is 4.72. The lowest BCUT2D eigenvalue weighted by Gasteiger charge is -2.18. The van der Waals surface area contributed by atoms with Gasteiger partial charge in [0.1, 0.15) is 5.75 Å². The van der Waals surface area contributed by atoms with Crippen LogP contribution < -0.4 is 4.90 Å². The first-order valence-electron chi connectivity index (χ1n) is 7.92. The van der Waals surface area contributed by atoms with E-state index in [2.05, 4.69) is 4.90 Å². The molecule has 0 aromatic heterocycles. The molecule has 0 atom stereocenters. The molecule has 0 radical (unpaired) electrons. The molecule has 124 valence electrons. The van der Waals surface area contributed by atoms with Gasteiger partial charge >= 0.3 is 5.97 Å². The summed E-state index contributed by atoms with van der Waals surface area (Å²) >= 11 is 0. The van der Waals surface area contributed by atoms with Crippen molar-refractivity contribution in [1.29, 1.82) is 0 Å². The Kier molecular flexibility index (Phi) is 4.51. The van der Waals surface area contributed by atoms with E-state index in [4.69, 9.17) is 4.74 Å². The van der Waals surface area contributed by atoms with Crippen molar-refractivity contribution < 1.29 is 19.4 Å². The predicted octanol–water partition coefficient (Wildman–Crippen LogP) is 3.01. The van der Waals surface area contributed by atoms with Crippen LogP contribution in [0.2, 0.25) is 0 Å². The molecule has 5 nitrogen and oxygen atoms in total. The fourth-order valence-corrected chi connectivity index (χ4v) is 3.00. The number of ketones is 1. The van der Waals surface area contributed by atoms with E-state index in [1.807, 2.05) is 6.07 Å². The zero-order chi connectivity index (χ0) is 17.1. The van der Waals surface area contributed by atoms with Gasteiger partial charge in [-0.3, -0.25) is 4.79 Å². The van der Waals surface area contributed by atoms with E-state index in [1.54, 1.807) is 30.3 Å². The molecule has 1 fully saturated rings. The minimum atomic E-state index is -0.577. The number of ether oxygens (including phenoxy) is 1. The second-order valence-corrected chi connectivity index (χ2v) is 5.76. The summed E-state index contributed by atoms with van der Waals surface area (Å²) in [6, 6.07) is 11.5. The van der Waals surface area contributed by atoms with Gasteiger partial charge in [0.05, 0.1) is 18.2 Å². The fraction of sp³-hybridized carbons (Fsp3) is 0.263. The topological polar surface area (TPSA) is 66.8 Å². The van der Waals surface area contributed by atoms with Crippen molar-refractivity contribution >= 4 is 17.4 Å². The van der Waals surface area contributed by atoms with Gasteiger partial charge in [-0.05, 0) is 31.0 Å². The molecule has 3 rings (SSSR count). The number of methoxy groups -OCH3 is 1. The van der Waals surface area contributed by atoms with Gasteiger partial charge in [0.25, 0.3) is 0 Å². The van der Waals surface area contributed by atoms with Gasteiger partial charge in [-0.1, -0.05) is 18.2 Å². The number of carbonyl (C=O) groups excluding carboxylic acids is 2. The van der Waals surface area contributed by atoms with Crippen LogP contribution in [0, 0.1) is 0 Å². The van der Waals surface area contributed by atoms with Gasteiger partial charge < -0.3 is 14.7 Å². The number of hydrogen-bond acceptors (Lipinski definition) is 5. The van der Waals surface area contributed by atoms with Crippen molar-refractivity contribution in [2.75, 3.05) is 25.1 Å². The first-order chi connectivity index (χ1) is 11.6. The van der Waals surface area contributed by atoms with Gasteiger partial charge in [-0.2, -0.15) is 0 Å². The highest BCUT2D eigenvalue weighted by Crippen LogP contribution is 2.29. The van der Waals surface area contributed by atoms with E-state index < -0.39 is 11.8 Å². The first kappa shape index (κ1) is 16.1. The normalized spacial score (nSPS) is 13.8. The highest BCUT2D eigenvalue weighted by atomic mass is 16.5. The maximum atomic E-state index is 12.8. The average Bonchev–Trinajstić information content (AvgIpc) is 3.15. The lowest BCUT2D eigenvalue weighted by Crippen LogP contribution is -2.17. The molecule has 1 N–H and O–H groups in total. The third kappa shape index (κ3) is 2.97. The molecule has 2 aromatic carbocycles. The molecule has 1 saturated heterocycles. The molecule has 1 heterocycles. The predicted molar refractivity (Wildman–Crippen MR) is 90.8 cm³/mol. The summed E-state index contributed by atoms with van der Waals surface area (Å²) in [5.74, 6) is -1.06. The van der Waals surface area contributed by atoms with E-state index in [-0.39, 0.29) is 22.4 Å². The number of benzene rings is 2. The van der Waals surface area contributed by atoms with Crippen molar-refractivity contribution in [3.63, 3.8) is 0 Å². The number of phenolic OH excluding ortho intramolecular Hbond substituents is 1. The van der Waals surface area contributed by atoms with Crippen LogP contribution in [0.5, 0.6) is 5.75 Å². The molecule has 2 aromatic rings. The van der Waals surface area contributed by atoms with Crippen molar-refractivity contribution in [3.8, 4) is 5.75 Å². The number of aromatic hydroxyl groups is 1. The number of nitrogens with zero attached hydrogens (tertiary/aromatic N) is 1. The van der Waals surface area contributed by atoms with Crippen LogP contribution in [0.25, 0.3) is 0 Å². The Bertz CT molecular complexity index is 779. The largest absolute Gasteiger partial charge is 0.507 e. The molecule has 1 aliphatic heterocycles. The molecular formula is C19H19NO4. The Morgan fingerprint density at radius 2 is 1.67 bits per heavy atom. The van der Waals surface area contributed by atoms with Gasteiger partial charge in [0, 0.05) is 30.4 Å². The molecule has 1 aliphatic rings. The standard InChI is InChI=1S/C19H19NO4/c1-24-19(23)15-7-3-2-6-14(15)18(22)16-9-8-13(12-17(16)21)20-10-4-5-11-20/h2-3,6-9,12,21H,4-5,10-11H2,1H3. The second kappa shape index (κ2) is 6.74. The summed E-state index contributed by atoms with van der Waals surface area (Å²) in [5, 5.41) is 10.3. The summed E-state index contributed by atoms with van der Waals surface area (Å²) in [6.45, 7) is 1.91. The quantitative estimate of drug-likeness (QED) is 0.691. The van der Waals surface area contributed by atoms with Gasteiger partial charge in [-0.25, -0.2) is 4.79 Å². The molecule has 24 heavy (non-hydrogen) atoms. The summed E-state index contributed by atoms with van der Waals surface area (Å²) in [5.41, 5.74) is 1.48. The maximum Gasteiger partial charge on any atom is 0.338 e. The fourth-order valence-electron chi connectivity index (χ4n) is 3.00. The number of esters is 1. The van der Waals surface area contributed by atoms with Crippen molar-refractivity contribution in [2.24, 2.45) is 0 Å². The van der Waals surface area contributed by atoms with Crippen molar-refractivity contribution in [2.45, 2.75) is 12.8 Å². The molecule has 0 spiro atoms. The van der Waals surface area contributed by atoms with Crippen LogP contribution in [0.15, 0.2) is 42.5 Å². The number of anilines is 1. The minimum Gasteiger partial charge on any atom is -0.507 e. The average molecular weight is 325 g/mol. The van der Waals surface area contributed by atoms with Gasteiger partial charge in [0.15, 0.2) is 5.78 Å². The van der Waals surface area contributed by atoms with Crippen molar-refractivity contribution in [1.82, 2.24) is 0 Å². The SMILES string of the molecule is COC(=O)c1ccccc1C(=O)c1ccc(N2CCCC2)cc1O. The van der Waals surface area contributed by atoms with Crippen LogP contribution in [0.4, 0.5) is 5.69 Å². The van der Waals surface area contributed by atoms with Crippen LogP contribution >= 0.6 is 0 Å². The summed E-state index contributed by atoms with van der Waals surface area (Å²) in [7, 11) is 1.27. The maximum absolute atomic E-state index is 12.8. The Morgan fingerprint density at radius 1 is 1.00 bits per heavy atom. The smallest absolute Gasteiger partial charge is 0.338 e. The van der Waals surface area contributed by atoms with Crippen LogP contribution in [-0.2, 0) is 4.74 Å². The molecule has 0 bridgehead atoms. The summed E-state index contributed by atoms with van der Waals surface area (Å²) in [6.07, 6.45) is 2.27. The summed E-state index contributed by atoms with van der Waals surface area (Å²) in [4.78, 5) is 26.8. The van der Waals surface area contributed by atoms with Crippen LogP contribution in [0.1, 0.15) is 39.1 Å². The molecule has 0 amide bonds. The number of rotatable bonds is 4. The minimum absolute atomic E-state index is 0.0796. The zero-order valence-corrected chi connectivity index (χ0v) is 13.5. The third-order valence-electron chi connectivity index (χ3n) is 4.27. The van der Waals surface area contributed by atoms with Gasteiger partial charge in [-0.15, -0.1) is 0 Å². The molecule has 0 unspecified atom stereocenters. The van der Waals surface area contributed by atoms with E-state index in [0.29, 0.717) is 0 Å². The number of phenols is 1. The molecule has 0 aliphatic carbocycles. The molecule has 5 heteroatoms. The molecule has 0 saturated carbocycles. The Hall–Kier alpha value is -2.82. The van der Waals surface area contributed by atoms with Crippen molar-refractivity contribution in [3.05, 3.63) is 59.2 Å². The second-order valence-electron chi connectivity index (χ2n) is 5.76. The Morgan fingerprint density at radius 3 is 2.29 bits per heavy atom. The van der Waals surface area contributed by atoms with E-state index in [1.165, 1.54) is 13.2 Å².